The quantitative estimate of drug-likeness (QED) is 0.559. The summed E-state index contributed by atoms with van der Waals surface area (Å²) in [7, 11) is 5.73. The van der Waals surface area contributed by atoms with E-state index < -0.39 is 0 Å². The van der Waals surface area contributed by atoms with Crippen molar-refractivity contribution >= 4 is 35.9 Å². The van der Waals surface area contributed by atoms with E-state index in [1.54, 1.807) is 0 Å². The van der Waals surface area contributed by atoms with Crippen LogP contribution in [-0.2, 0) is 0 Å². The van der Waals surface area contributed by atoms with Gasteiger partial charge in [-0.05, 0) is 45.9 Å². The molecule has 0 aromatic heterocycles. The maximum atomic E-state index is 5.73. The van der Waals surface area contributed by atoms with Crippen LogP contribution in [0.1, 0.15) is 0 Å². The molecule has 0 aliphatic heterocycles. The lowest BCUT2D eigenvalue weighted by Crippen LogP contribution is -2.00. The second-order valence-electron chi connectivity index (χ2n) is 3.14. The summed E-state index contributed by atoms with van der Waals surface area (Å²) < 4.78 is 1.24. The van der Waals surface area contributed by atoms with Crippen molar-refractivity contribution in [1.29, 1.82) is 0 Å². The molecule has 0 unspecified atom stereocenters. The second-order valence-corrected chi connectivity index (χ2v) is 4.38. The highest BCUT2D eigenvalue weighted by molar-refractivity contribution is 14.1. The van der Waals surface area contributed by atoms with Gasteiger partial charge in [0.25, 0.3) is 0 Å². The minimum absolute atomic E-state index is 0.807. The molecule has 0 bridgehead atoms. The summed E-state index contributed by atoms with van der Waals surface area (Å²) in [6.45, 7) is 0. The van der Waals surface area contributed by atoms with E-state index in [4.69, 9.17) is 7.85 Å². The van der Waals surface area contributed by atoms with Gasteiger partial charge in [0.2, 0.25) is 0 Å². The fourth-order valence-electron chi connectivity index (χ4n) is 1.39. The first-order valence-electron chi connectivity index (χ1n) is 4.37. The summed E-state index contributed by atoms with van der Waals surface area (Å²) in [6.07, 6.45) is 0. The Morgan fingerprint density at radius 3 is 2.14 bits per heavy atom. The molecule has 0 saturated carbocycles. The minimum Gasteiger partial charge on any atom is -0.0961 e. The monoisotopic (exact) mass is 290 g/mol. The van der Waals surface area contributed by atoms with E-state index in [0.717, 1.165) is 5.46 Å². The molecule has 2 heteroatoms. The Hall–Kier alpha value is -0.765. The van der Waals surface area contributed by atoms with Crippen molar-refractivity contribution in [2.24, 2.45) is 0 Å². The van der Waals surface area contributed by atoms with Gasteiger partial charge in [0, 0.05) is 3.57 Å². The molecule has 0 saturated heterocycles. The Morgan fingerprint density at radius 2 is 1.50 bits per heavy atom. The van der Waals surface area contributed by atoms with Crippen LogP contribution < -0.4 is 5.46 Å². The lowest BCUT2D eigenvalue weighted by molar-refractivity contribution is 1.60. The summed E-state index contributed by atoms with van der Waals surface area (Å²) in [4.78, 5) is 0. The predicted octanol–water partition coefficient (Wildman–Crippen LogP) is 2.75. The minimum atomic E-state index is 0.807. The zero-order chi connectivity index (χ0) is 9.97. The van der Waals surface area contributed by atoms with E-state index in [-0.39, 0.29) is 0 Å². The Labute approximate surface area is 98.9 Å². The highest BCUT2D eigenvalue weighted by Crippen LogP contribution is 2.19. The van der Waals surface area contributed by atoms with Crippen LogP contribution in [0.4, 0.5) is 0 Å². The summed E-state index contributed by atoms with van der Waals surface area (Å²) in [5.41, 5.74) is 3.19. The van der Waals surface area contributed by atoms with E-state index in [9.17, 15) is 0 Å². The fourth-order valence-corrected chi connectivity index (χ4v) is 1.93. The van der Waals surface area contributed by atoms with Crippen LogP contribution in [0, 0.1) is 3.57 Å². The zero-order valence-corrected chi connectivity index (χ0v) is 9.73. The number of halogens is 1. The van der Waals surface area contributed by atoms with Gasteiger partial charge in [-0.1, -0.05) is 41.9 Å². The topological polar surface area (TPSA) is 0 Å². The van der Waals surface area contributed by atoms with Gasteiger partial charge in [0.1, 0.15) is 7.85 Å². The van der Waals surface area contributed by atoms with Gasteiger partial charge in [0.15, 0.2) is 0 Å². The summed E-state index contributed by atoms with van der Waals surface area (Å²) in [5.74, 6) is 0. The maximum Gasteiger partial charge on any atom is 0.113 e. The van der Waals surface area contributed by atoms with Crippen molar-refractivity contribution in [2.75, 3.05) is 0 Å². The molecule has 0 aliphatic rings. The normalized spacial score (nSPS) is 10.1. The molecular weight excluding hydrogens is 282 g/mol. The standard InChI is InChI=1S/C12H8BI/c13-11-5-1-3-9(7-11)10-4-2-6-12(14)8-10/h1-8H. The molecule has 14 heavy (non-hydrogen) atoms. The van der Waals surface area contributed by atoms with Crippen LogP contribution >= 0.6 is 22.6 Å². The van der Waals surface area contributed by atoms with Crippen molar-refractivity contribution in [1.82, 2.24) is 0 Å². The van der Waals surface area contributed by atoms with Crippen molar-refractivity contribution < 1.29 is 0 Å². The summed E-state index contributed by atoms with van der Waals surface area (Å²) in [6, 6.07) is 16.3. The number of benzene rings is 2. The van der Waals surface area contributed by atoms with Crippen LogP contribution in [-0.4, -0.2) is 7.85 Å². The van der Waals surface area contributed by atoms with Crippen LogP contribution in [0.3, 0.4) is 0 Å². The predicted molar refractivity (Wildman–Crippen MR) is 70.0 cm³/mol. The van der Waals surface area contributed by atoms with Crippen molar-refractivity contribution in [3.8, 4) is 11.1 Å². The molecule has 2 radical (unpaired) electrons. The van der Waals surface area contributed by atoms with E-state index in [2.05, 4.69) is 52.9 Å². The average Bonchev–Trinajstić information content (AvgIpc) is 2.18. The summed E-state index contributed by atoms with van der Waals surface area (Å²) >= 11 is 2.31. The Morgan fingerprint density at radius 1 is 0.857 bits per heavy atom. The first kappa shape index (κ1) is 9.78. The van der Waals surface area contributed by atoms with Gasteiger partial charge in [0.05, 0.1) is 0 Å². The molecule has 0 atom stereocenters. The first-order valence-corrected chi connectivity index (χ1v) is 5.45. The van der Waals surface area contributed by atoms with Crippen LogP contribution in [0.25, 0.3) is 11.1 Å². The zero-order valence-electron chi connectivity index (χ0n) is 7.57. The van der Waals surface area contributed by atoms with Gasteiger partial charge < -0.3 is 0 Å². The Balaban J connectivity index is 2.49. The Kier molecular flexibility index (Phi) is 2.92. The smallest absolute Gasteiger partial charge is 0.0961 e. The SMILES string of the molecule is [B]c1cccc(-c2cccc(I)c2)c1. The molecule has 0 heterocycles. The molecule has 0 spiro atoms. The van der Waals surface area contributed by atoms with Gasteiger partial charge in [-0.15, -0.1) is 0 Å². The lowest BCUT2D eigenvalue weighted by atomic mass is 9.92. The number of hydrogen-bond acceptors (Lipinski definition) is 0. The van der Waals surface area contributed by atoms with E-state index in [1.165, 1.54) is 14.7 Å². The van der Waals surface area contributed by atoms with E-state index in [1.807, 2.05) is 18.2 Å². The van der Waals surface area contributed by atoms with Gasteiger partial charge >= 0.3 is 0 Å². The molecule has 66 valence electrons. The van der Waals surface area contributed by atoms with Crippen molar-refractivity contribution in [3.05, 3.63) is 52.1 Å². The molecule has 2 rings (SSSR count). The molecule has 0 nitrogen and oxygen atoms in total. The number of hydrogen-bond donors (Lipinski definition) is 0. The number of rotatable bonds is 1. The highest BCUT2D eigenvalue weighted by Gasteiger charge is 1.97. The highest BCUT2D eigenvalue weighted by atomic mass is 127. The fraction of sp³-hybridized carbons (Fsp3) is 0. The van der Waals surface area contributed by atoms with E-state index in [0.29, 0.717) is 0 Å². The molecule has 0 amide bonds. The average molecular weight is 290 g/mol. The van der Waals surface area contributed by atoms with Crippen LogP contribution in [0.2, 0.25) is 0 Å². The largest absolute Gasteiger partial charge is 0.113 e. The third-order valence-corrected chi connectivity index (χ3v) is 2.72. The van der Waals surface area contributed by atoms with E-state index >= 15 is 0 Å². The molecule has 0 aliphatic carbocycles. The third kappa shape index (κ3) is 2.18. The summed E-state index contributed by atoms with van der Waals surface area (Å²) in [5, 5.41) is 0. The maximum absolute atomic E-state index is 5.73. The van der Waals surface area contributed by atoms with Crippen molar-refractivity contribution in [3.63, 3.8) is 0 Å². The molecule has 2 aromatic carbocycles. The lowest BCUT2D eigenvalue weighted by Gasteiger charge is -2.03. The first-order chi connectivity index (χ1) is 6.75. The molecule has 0 N–H and O–H groups in total. The van der Waals surface area contributed by atoms with Crippen LogP contribution in [0.5, 0.6) is 0 Å². The third-order valence-electron chi connectivity index (χ3n) is 2.04. The van der Waals surface area contributed by atoms with Crippen LogP contribution in [0.15, 0.2) is 48.5 Å². The second kappa shape index (κ2) is 4.17. The van der Waals surface area contributed by atoms with Crippen molar-refractivity contribution in [2.45, 2.75) is 0 Å². The Bertz CT molecular complexity index is 408. The molecular formula is C12H8BI. The molecule has 2 aromatic rings. The van der Waals surface area contributed by atoms with Gasteiger partial charge in [-0.2, -0.15) is 0 Å². The van der Waals surface area contributed by atoms with Gasteiger partial charge in [-0.25, -0.2) is 0 Å². The van der Waals surface area contributed by atoms with Gasteiger partial charge in [-0.3, -0.25) is 0 Å². The molecule has 0 fully saturated rings.